The largest absolute Gasteiger partial charge is 0.385 e. The summed E-state index contributed by atoms with van der Waals surface area (Å²) in [7, 11) is 1.64. The summed E-state index contributed by atoms with van der Waals surface area (Å²) >= 11 is 0. The van der Waals surface area contributed by atoms with Crippen LogP contribution in [0.25, 0.3) is 10.9 Å². The highest BCUT2D eigenvalue weighted by atomic mass is 16.5. The maximum atomic E-state index is 11.7. The second kappa shape index (κ2) is 6.70. The number of carbonyl (C=O) groups is 1. The van der Waals surface area contributed by atoms with Gasteiger partial charge in [0.15, 0.2) is 0 Å². The Hall–Kier alpha value is -2.14. The zero-order valence-electron chi connectivity index (χ0n) is 10.8. The SMILES string of the molecule is COCCCNC(=O)Nc1cccc2ncccc12. The Morgan fingerprint density at radius 2 is 2.21 bits per heavy atom. The standard InChI is InChI=1S/C14H17N3O2/c1-19-10-4-9-16-14(18)17-13-7-2-6-12-11(13)5-3-8-15-12/h2-3,5-8H,4,9-10H2,1H3,(H2,16,17,18). The molecule has 0 saturated heterocycles. The molecule has 2 aromatic rings. The third-order valence-electron chi connectivity index (χ3n) is 2.70. The number of methoxy groups -OCH3 is 1. The van der Waals surface area contributed by atoms with E-state index >= 15 is 0 Å². The number of ether oxygens (including phenoxy) is 1. The van der Waals surface area contributed by atoms with Crippen molar-refractivity contribution < 1.29 is 9.53 Å². The molecule has 0 unspecified atom stereocenters. The first-order chi connectivity index (χ1) is 9.31. The molecule has 0 fully saturated rings. The van der Waals surface area contributed by atoms with Gasteiger partial charge in [-0.15, -0.1) is 0 Å². The van der Waals surface area contributed by atoms with Gasteiger partial charge in [0.2, 0.25) is 0 Å². The number of anilines is 1. The molecule has 0 aliphatic rings. The molecule has 1 heterocycles. The van der Waals surface area contributed by atoms with Crippen LogP contribution >= 0.6 is 0 Å². The lowest BCUT2D eigenvalue weighted by atomic mass is 10.2. The maximum Gasteiger partial charge on any atom is 0.319 e. The number of carbonyl (C=O) groups excluding carboxylic acids is 1. The second-order valence-electron chi connectivity index (χ2n) is 4.10. The number of amides is 2. The fraction of sp³-hybridized carbons (Fsp3) is 0.286. The highest BCUT2D eigenvalue weighted by molar-refractivity contribution is 6.00. The van der Waals surface area contributed by atoms with E-state index in [1.165, 1.54) is 0 Å². The van der Waals surface area contributed by atoms with Crippen LogP contribution in [0.2, 0.25) is 0 Å². The van der Waals surface area contributed by atoms with Crippen LogP contribution in [0, 0.1) is 0 Å². The van der Waals surface area contributed by atoms with Gasteiger partial charge in [-0.05, 0) is 30.7 Å². The van der Waals surface area contributed by atoms with Gasteiger partial charge in [0.05, 0.1) is 11.2 Å². The Labute approximate surface area is 112 Å². The van der Waals surface area contributed by atoms with Crippen molar-refractivity contribution in [3.8, 4) is 0 Å². The Kier molecular flexibility index (Phi) is 4.69. The number of rotatable bonds is 5. The molecule has 0 bridgehead atoms. The predicted octanol–water partition coefficient (Wildman–Crippen LogP) is 2.39. The molecule has 19 heavy (non-hydrogen) atoms. The molecule has 0 saturated carbocycles. The highest BCUT2D eigenvalue weighted by Gasteiger charge is 2.04. The van der Waals surface area contributed by atoms with E-state index in [4.69, 9.17) is 4.74 Å². The van der Waals surface area contributed by atoms with Crippen LogP contribution in [-0.2, 0) is 4.74 Å². The molecule has 5 heteroatoms. The van der Waals surface area contributed by atoms with Gasteiger partial charge in [-0.2, -0.15) is 0 Å². The number of urea groups is 1. The fourth-order valence-corrected chi connectivity index (χ4v) is 1.80. The molecule has 100 valence electrons. The molecule has 0 aliphatic carbocycles. The van der Waals surface area contributed by atoms with E-state index in [9.17, 15) is 4.79 Å². The first-order valence-corrected chi connectivity index (χ1v) is 6.19. The summed E-state index contributed by atoms with van der Waals surface area (Å²) in [6, 6.07) is 9.21. The molecule has 2 amide bonds. The molecular weight excluding hydrogens is 242 g/mol. The molecule has 1 aromatic carbocycles. The summed E-state index contributed by atoms with van der Waals surface area (Å²) < 4.78 is 4.92. The van der Waals surface area contributed by atoms with Crippen molar-refractivity contribution in [2.45, 2.75) is 6.42 Å². The topological polar surface area (TPSA) is 63.2 Å². The summed E-state index contributed by atoms with van der Waals surface area (Å²) in [6.07, 6.45) is 2.53. The van der Waals surface area contributed by atoms with E-state index in [0.29, 0.717) is 13.2 Å². The number of hydrogen-bond donors (Lipinski definition) is 2. The van der Waals surface area contributed by atoms with Crippen molar-refractivity contribution in [1.29, 1.82) is 0 Å². The third-order valence-corrected chi connectivity index (χ3v) is 2.70. The number of hydrogen-bond acceptors (Lipinski definition) is 3. The number of aromatic nitrogens is 1. The Balaban J connectivity index is 1.99. The quantitative estimate of drug-likeness (QED) is 0.810. The van der Waals surface area contributed by atoms with Gasteiger partial charge < -0.3 is 15.4 Å². The maximum absolute atomic E-state index is 11.7. The average molecular weight is 259 g/mol. The number of nitrogens with one attached hydrogen (secondary N) is 2. The van der Waals surface area contributed by atoms with Crippen LogP contribution in [-0.4, -0.2) is 31.3 Å². The summed E-state index contributed by atoms with van der Waals surface area (Å²) in [6.45, 7) is 1.22. The Morgan fingerprint density at radius 3 is 3.05 bits per heavy atom. The van der Waals surface area contributed by atoms with E-state index in [-0.39, 0.29) is 6.03 Å². The predicted molar refractivity (Wildman–Crippen MR) is 75.3 cm³/mol. The number of pyridine rings is 1. The lowest BCUT2D eigenvalue weighted by Crippen LogP contribution is -2.30. The van der Waals surface area contributed by atoms with Gasteiger partial charge in [-0.3, -0.25) is 4.98 Å². The molecule has 0 spiro atoms. The van der Waals surface area contributed by atoms with Crippen molar-refractivity contribution >= 4 is 22.6 Å². The zero-order chi connectivity index (χ0) is 13.5. The molecule has 5 nitrogen and oxygen atoms in total. The average Bonchev–Trinajstić information content (AvgIpc) is 2.44. The monoisotopic (exact) mass is 259 g/mol. The van der Waals surface area contributed by atoms with Crippen LogP contribution in [0.5, 0.6) is 0 Å². The van der Waals surface area contributed by atoms with Crippen molar-refractivity contribution in [3.63, 3.8) is 0 Å². The van der Waals surface area contributed by atoms with E-state index in [2.05, 4.69) is 15.6 Å². The van der Waals surface area contributed by atoms with Crippen LogP contribution in [0.15, 0.2) is 36.5 Å². The summed E-state index contributed by atoms with van der Waals surface area (Å²) in [4.78, 5) is 16.0. The third kappa shape index (κ3) is 3.66. The van der Waals surface area contributed by atoms with E-state index in [1.807, 2.05) is 30.3 Å². The summed E-state index contributed by atoms with van der Waals surface area (Å²) in [5, 5.41) is 6.54. The molecule has 0 aliphatic heterocycles. The first-order valence-electron chi connectivity index (χ1n) is 6.19. The molecule has 2 N–H and O–H groups in total. The van der Waals surface area contributed by atoms with Gasteiger partial charge in [-0.25, -0.2) is 4.79 Å². The lowest BCUT2D eigenvalue weighted by Gasteiger charge is -2.09. The lowest BCUT2D eigenvalue weighted by molar-refractivity contribution is 0.194. The van der Waals surface area contributed by atoms with Gasteiger partial charge in [0.25, 0.3) is 0 Å². The minimum Gasteiger partial charge on any atom is -0.385 e. The highest BCUT2D eigenvalue weighted by Crippen LogP contribution is 2.20. The van der Waals surface area contributed by atoms with Gasteiger partial charge >= 0.3 is 6.03 Å². The van der Waals surface area contributed by atoms with Crippen molar-refractivity contribution in [3.05, 3.63) is 36.5 Å². The molecular formula is C14H17N3O2. The Bertz CT molecular complexity index is 552. The van der Waals surface area contributed by atoms with Crippen molar-refractivity contribution in [2.75, 3.05) is 25.6 Å². The van der Waals surface area contributed by atoms with E-state index < -0.39 is 0 Å². The van der Waals surface area contributed by atoms with Crippen LogP contribution in [0.4, 0.5) is 10.5 Å². The molecule has 0 radical (unpaired) electrons. The van der Waals surface area contributed by atoms with Gasteiger partial charge in [-0.1, -0.05) is 6.07 Å². The number of benzene rings is 1. The van der Waals surface area contributed by atoms with Gasteiger partial charge in [0, 0.05) is 31.8 Å². The van der Waals surface area contributed by atoms with Crippen molar-refractivity contribution in [1.82, 2.24) is 10.3 Å². The number of fused-ring (bicyclic) bond motifs is 1. The minimum absolute atomic E-state index is 0.215. The fourth-order valence-electron chi connectivity index (χ4n) is 1.80. The molecule has 0 atom stereocenters. The van der Waals surface area contributed by atoms with Crippen molar-refractivity contribution in [2.24, 2.45) is 0 Å². The smallest absolute Gasteiger partial charge is 0.319 e. The molecule has 2 rings (SSSR count). The second-order valence-corrected chi connectivity index (χ2v) is 4.10. The van der Waals surface area contributed by atoms with E-state index in [1.54, 1.807) is 13.3 Å². The van der Waals surface area contributed by atoms with E-state index in [0.717, 1.165) is 23.0 Å². The first kappa shape index (κ1) is 13.3. The normalized spacial score (nSPS) is 10.4. The van der Waals surface area contributed by atoms with Crippen LogP contribution in [0.3, 0.4) is 0 Å². The summed E-state index contributed by atoms with van der Waals surface area (Å²) in [5.74, 6) is 0. The van der Waals surface area contributed by atoms with Gasteiger partial charge in [0.1, 0.15) is 0 Å². The van der Waals surface area contributed by atoms with Crippen LogP contribution < -0.4 is 10.6 Å². The van der Waals surface area contributed by atoms with Crippen LogP contribution in [0.1, 0.15) is 6.42 Å². The minimum atomic E-state index is -0.215. The Morgan fingerprint density at radius 1 is 1.32 bits per heavy atom. The zero-order valence-corrected chi connectivity index (χ0v) is 10.8. The number of nitrogens with zero attached hydrogens (tertiary/aromatic N) is 1. The summed E-state index contributed by atoms with van der Waals surface area (Å²) in [5.41, 5.74) is 1.62. The molecule has 1 aromatic heterocycles.